The second-order valence-electron chi connectivity index (χ2n) is 3.28. The quantitative estimate of drug-likeness (QED) is 0.638. The molecule has 0 aliphatic heterocycles. The van der Waals surface area contributed by atoms with Crippen molar-refractivity contribution in [2.24, 2.45) is 0 Å². The largest absolute Gasteiger partial charge is 0.384 e. The van der Waals surface area contributed by atoms with E-state index in [9.17, 15) is 0 Å². The highest BCUT2D eigenvalue weighted by molar-refractivity contribution is 5.89. The molecular weight excluding hydrogens is 164 g/mol. The highest BCUT2D eigenvalue weighted by atomic mass is 15.2. The summed E-state index contributed by atoms with van der Waals surface area (Å²) in [5, 5.41) is 7.70. The number of rotatable bonds is 0. The van der Waals surface area contributed by atoms with E-state index in [4.69, 9.17) is 5.73 Å². The highest BCUT2D eigenvalue weighted by Crippen LogP contribution is 2.24. The third-order valence-electron chi connectivity index (χ3n) is 2.53. The van der Waals surface area contributed by atoms with Crippen LogP contribution in [-0.4, -0.2) is 15.2 Å². The summed E-state index contributed by atoms with van der Waals surface area (Å²) in [5.41, 5.74) is 9.80. The molecule has 0 saturated heterocycles. The molecule has 2 aromatic rings. The molecule has 3 N–H and O–H groups in total. The Hall–Kier alpha value is -1.58. The summed E-state index contributed by atoms with van der Waals surface area (Å²) in [6.45, 7) is 6.06. The van der Waals surface area contributed by atoms with Gasteiger partial charge in [0.25, 0.3) is 0 Å². The first-order valence-electron chi connectivity index (χ1n) is 4.18. The standard InChI is InChI=1S/C9H12N4/c1-4-5(2)7-8(10)12-13-9(7)11-6(4)3/h1-3H3,(H3,10,11,12,13). The zero-order valence-corrected chi connectivity index (χ0v) is 7.97. The smallest absolute Gasteiger partial charge is 0.183 e. The van der Waals surface area contributed by atoms with Gasteiger partial charge < -0.3 is 5.73 Å². The van der Waals surface area contributed by atoms with Crippen LogP contribution in [0.1, 0.15) is 16.8 Å². The lowest BCUT2D eigenvalue weighted by Crippen LogP contribution is -1.93. The van der Waals surface area contributed by atoms with Gasteiger partial charge in [0.05, 0.1) is 5.39 Å². The number of nitrogen functional groups attached to an aromatic ring is 1. The van der Waals surface area contributed by atoms with Gasteiger partial charge in [-0.05, 0) is 31.9 Å². The summed E-state index contributed by atoms with van der Waals surface area (Å²) in [6, 6.07) is 0. The van der Waals surface area contributed by atoms with E-state index in [0.717, 1.165) is 16.6 Å². The number of fused-ring (bicyclic) bond motifs is 1. The summed E-state index contributed by atoms with van der Waals surface area (Å²) in [7, 11) is 0. The van der Waals surface area contributed by atoms with Crippen molar-refractivity contribution in [2.75, 3.05) is 5.73 Å². The summed E-state index contributed by atoms with van der Waals surface area (Å²) in [4.78, 5) is 4.33. The second kappa shape index (κ2) is 2.45. The van der Waals surface area contributed by atoms with Crippen LogP contribution in [0.3, 0.4) is 0 Å². The lowest BCUT2D eigenvalue weighted by Gasteiger charge is -2.04. The number of anilines is 1. The third kappa shape index (κ3) is 0.983. The Balaban J connectivity index is 2.97. The number of aryl methyl sites for hydroxylation is 2. The van der Waals surface area contributed by atoms with Gasteiger partial charge in [-0.25, -0.2) is 4.98 Å². The first-order chi connectivity index (χ1) is 6.11. The van der Waals surface area contributed by atoms with Crippen LogP contribution in [0.25, 0.3) is 11.0 Å². The number of pyridine rings is 1. The molecule has 0 aromatic carbocycles. The molecule has 2 rings (SSSR count). The summed E-state index contributed by atoms with van der Waals surface area (Å²) in [6.07, 6.45) is 0. The van der Waals surface area contributed by atoms with E-state index < -0.39 is 0 Å². The molecule has 0 saturated carbocycles. The predicted octanol–water partition coefficient (Wildman–Crippen LogP) is 1.47. The van der Waals surface area contributed by atoms with E-state index in [1.165, 1.54) is 5.56 Å². The van der Waals surface area contributed by atoms with Crippen molar-refractivity contribution >= 4 is 16.9 Å². The van der Waals surface area contributed by atoms with Gasteiger partial charge in [0.15, 0.2) is 5.65 Å². The van der Waals surface area contributed by atoms with Crippen molar-refractivity contribution in [2.45, 2.75) is 20.8 Å². The fourth-order valence-corrected chi connectivity index (χ4v) is 1.50. The van der Waals surface area contributed by atoms with Gasteiger partial charge >= 0.3 is 0 Å². The van der Waals surface area contributed by atoms with Crippen LogP contribution >= 0.6 is 0 Å². The Labute approximate surface area is 76.2 Å². The fourth-order valence-electron chi connectivity index (χ4n) is 1.50. The first kappa shape index (κ1) is 8.04. The van der Waals surface area contributed by atoms with Crippen molar-refractivity contribution in [3.63, 3.8) is 0 Å². The second-order valence-corrected chi connectivity index (χ2v) is 3.28. The molecule has 4 heteroatoms. The maximum atomic E-state index is 5.74. The Morgan fingerprint density at radius 1 is 1.15 bits per heavy atom. The van der Waals surface area contributed by atoms with Gasteiger partial charge in [0.2, 0.25) is 0 Å². The average molecular weight is 176 g/mol. The molecular formula is C9H12N4. The predicted molar refractivity (Wildman–Crippen MR) is 52.5 cm³/mol. The molecule has 2 aromatic heterocycles. The minimum absolute atomic E-state index is 0.600. The van der Waals surface area contributed by atoms with Crippen LogP contribution in [0.4, 0.5) is 5.82 Å². The lowest BCUT2D eigenvalue weighted by molar-refractivity contribution is 1.08. The van der Waals surface area contributed by atoms with Crippen molar-refractivity contribution in [1.29, 1.82) is 0 Å². The van der Waals surface area contributed by atoms with E-state index in [1.807, 2.05) is 20.8 Å². The SMILES string of the molecule is Cc1nc2n[nH]c(N)c2c(C)c1C. The molecule has 0 unspecified atom stereocenters. The van der Waals surface area contributed by atoms with Crippen molar-refractivity contribution in [3.8, 4) is 0 Å². The molecule has 0 amide bonds. The van der Waals surface area contributed by atoms with Gasteiger partial charge in [0.1, 0.15) is 5.82 Å². The topological polar surface area (TPSA) is 67.6 Å². The minimum atomic E-state index is 0.600. The zero-order chi connectivity index (χ0) is 9.59. The number of H-pyrrole nitrogens is 1. The van der Waals surface area contributed by atoms with Gasteiger partial charge in [0, 0.05) is 5.69 Å². The average Bonchev–Trinajstić information content (AvgIpc) is 2.43. The molecule has 0 radical (unpaired) electrons. The maximum Gasteiger partial charge on any atom is 0.183 e. The van der Waals surface area contributed by atoms with E-state index in [-0.39, 0.29) is 0 Å². The van der Waals surface area contributed by atoms with Gasteiger partial charge in [-0.3, -0.25) is 5.10 Å². The molecule has 68 valence electrons. The molecule has 4 nitrogen and oxygen atoms in total. The van der Waals surface area contributed by atoms with Crippen LogP contribution < -0.4 is 5.73 Å². The molecule has 0 atom stereocenters. The van der Waals surface area contributed by atoms with Crippen LogP contribution in [-0.2, 0) is 0 Å². The van der Waals surface area contributed by atoms with Crippen molar-refractivity contribution in [3.05, 3.63) is 16.8 Å². The molecule has 0 spiro atoms. The Morgan fingerprint density at radius 2 is 1.85 bits per heavy atom. The van der Waals surface area contributed by atoms with Crippen LogP contribution in [0.15, 0.2) is 0 Å². The van der Waals surface area contributed by atoms with Crippen molar-refractivity contribution in [1.82, 2.24) is 15.2 Å². The third-order valence-corrected chi connectivity index (χ3v) is 2.53. The van der Waals surface area contributed by atoms with Gasteiger partial charge in [-0.2, -0.15) is 5.10 Å². The zero-order valence-electron chi connectivity index (χ0n) is 7.97. The number of nitrogens with two attached hydrogens (primary N) is 1. The number of nitrogens with one attached hydrogen (secondary N) is 1. The Bertz CT molecular complexity index is 470. The number of nitrogens with zero attached hydrogens (tertiary/aromatic N) is 2. The lowest BCUT2D eigenvalue weighted by atomic mass is 10.1. The van der Waals surface area contributed by atoms with Crippen LogP contribution in [0.5, 0.6) is 0 Å². The van der Waals surface area contributed by atoms with Gasteiger partial charge in [-0.15, -0.1) is 0 Å². The summed E-state index contributed by atoms with van der Waals surface area (Å²) in [5.74, 6) is 0.600. The molecule has 0 aliphatic rings. The monoisotopic (exact) mass is 176 g/mol. The summed E-state index contributed by atoms with van der Waals surface area (Å²) < 4.78 is 0. The van der Waals surface area contributed by atoms with Crippen LogP contribution in [0.2, 0.25) is 0 Å². The normalized spacial score (nSPS) is 11.0. The Kier molecular flexibility index (Phi) is 1.52. The van der Waals surface area contributed by atoms with E-state index in [0.29, 0.717) is 11.5 Å². The fraction of sp³-hybridized carbons (Fsp3) is 0.333. The molecule has 0 bridgehead atoms. The number of hydrogen-bond acceptors (Lipinski definition) is 3. The number of hydrogen-bond donors (Lipinski definition) is 2. The van der Waals surface area contributed by atoms with E-state index in [2.05, 4.69) is 15.2 Å². The molecule has 2 heterocycles. The molecule has 13 heavy (non-hydrogen) atoms. The number of aromatic nitrogens is 3. The Morgan fingerprint density at radius 3 is 2.54 bits per heavy atom. The summed E-state index contributed by atoms with van der Waals surface area (Å²) >= 11 is 0. The maximum absolute atomic E-state index is 5.74. The van der Waals surface area contributed by atoms with E-state index >= 15 is 0 Å². The minimum Gasteiger partial charge on any atom is -0.384 e. The van der Waals surface area contributed by atoms with Crippen molar-refractivity contribution < 1.29 is 0 Å². The van der Waals surface area contributed by atoms with Gasteiger partial charge in [-0.1, -0.05) is 0 Å². The van der Waals surface area contributed by atoms with E-state index in [1.54, 1.807) is 0 Å². The number of aromatic amines is 1. The first-order valence-corrected chi connectivity index (χ1v) is 4.18. The molecule has 0 fully saturated rings. The highest BCUT2D eigenvalue weighted by Gasteiger charge is 2.10. The molecule has 0 aliphatic carbocycles. The van der Waals surface area contributed by atoms with Crippen LogP contribution in [0, 0.1) is 20.8 Å².